The van der Waals surface area contributed by atoms with Crippen LogP contribution in [0.4, 0.5) is 0 Å². The standard InChI is InChI=1S/C17H32N4/c1-7-17(5)13-21(15(11-18-17)16(2,3)4)9-8-14-10-19-20(6)12-14/h10,12,15,18H,7-9,11,13H2,1-6H3. The van der Waals surface area contributed by atoms with Crippen LogP contribution in [0.15, 0.2) is 12.4 Å². The molecular formula is C17H32N4. The maximum Gasteiger partial charge on any atom is 0.0522 e. The van der Waals surface area contributed by atoms with Gasteiger partial charge in [-0.25, -0.2) is 0 Å². The van der Waals surface area contributed by atoms with Gasteiger partial charge >= 0.3 is 0 Å². The average molecular weight is 292 g/mol. The Bertz CT molecular complexity index is 460. The van der Waals surface area contributed by atoms with Gasteiger partial charge in [-0.15, -0.1) is 0 Å². The summed E-state index contributed by atoms with van der Waals surface area (Å²) in [6, 6.07) is 0.591. The van der Waals surface area contributed by atoms with Gasteiger partial charge in [0.1, 0.15) is 0 Å². The molecule has 21 heavy (non-hydrogen) atoms. The second kappa shape index (κ2) is 6.09. The van der Waals surface area contributed by atoms with Crippen LogP contribution in [0.2, 0.25) is 0 Å². The maximum atomic E-state index is 4.28. The van der Waals surface area contributed by atoms with Crippen molar-refractivity contribution in [3.8, 4) is 0 Å². The highest BCUT2D eigenvalue weighted by Gasteiger charge is 2.39. The summed E-state index contributed by atoms with van der Waals surface area (Å²) in [4.78, 5) is 2.69. The van der Waals surface area contributed by atoms with Crippen LogP contribution in [0.1, 0.15) is 46.6 Å². The van der Waals surface area contributed by atoms with Crippen molar-refractivity contribution in [2.24, 2.45) is 12.5 Å². The highest BCUT2D eigenvalue weighted by Crippen LogP contribution is 2.30. The van der Waals surface area contributed by atoms with E-state index < -0.39 is 0 Å². The monoisotopic (exact) mass is 292 g/mol. The molecule has 0 radical (unpaired) electrons. The molecule has 4 nitrogen and oxygen atoms in total. The summed E-state index contributed by atoms with van der Waals surface area (Å²) in [5.41, 5.74) is 1.88. The molecule has 0 amide bonds. The van der Waals surface area contributed by atoms with Crippen LogP contribution < -0.4 is 5.32 Å². The van der Waals surface area contributed by atoms with E-state index in [1.807, 2.05) is 17.9 Å². The molecule has 1 fully saturated rings. The molecule has 1 N–H and O–H groups in total. The highest BCUT2D eigenvalue weighted by molar-refractivity contribution is 5.05. The quantitative estimate of drug-likeness (QED) is 0.925. The number of nitrogens with one attached hydrogen (secondary N) is 1. The van der Waals surface area contributed by atoms with Crippen LogP contribution in [0.5, 0.6) is 0 Å². The third-order valence-electron chi connectivity index (χ3n) is 4.94. The lowest BCUT2D eigenvalue weighted by molar-refractivity contribution is 0.0272. The summed E-state index contributed by atoms with van der Waals surface area (Å²) in [5, 5.41) is 8.05. The molecule has 2 heterocycles. The number of nitrogens with zero attached hydrogens (tertiary/aromatic N) is 3. The van der Waals surface area contributed by atoms with E-state index in [-0.39, 0.29) is 5.54 Å². The predicted molar refractivity (Wildman–Crippen MR) is 88.4 cm³/mol. The third-order valence-corrected chi connectivity index (χ3v) is 4.94. The predicted octanol–water partition coefficient (Wildman–Crippen LogP) is 2.45. The van der Waals surface area contributed by atoms with Crippen molar-refractivity contribution in [2.45, 2.75) is 59.0 Å². The van der Waals surface area contributed by atoms with E-state index in [0.29, 0.717) is 11.5 Å². The lowest BCUT2D eigenvalue weighted by atomic mass is 9.81. The summed E-state index contributed by atoms with van der Waals surface area (Å²) in [5.74, 6) is 0. The van der Waals surface area contributed by atoms with Crippen molar-refractivity contribution in [3.05, 3.63) is 18.0 Å². The van der Waals surface area contributed by atoms with Gasteiger partial charge in [0.25, 0.3) is 0 Å². The summed E-state index contributed by atoms with van der Waals surface area (Å²) in [6.45, 7) is 15.0. The molecule has 1 aliphatic heterocycles. The smallest absolute Gasteiger partial charge is 0.0522 e. The largest absolute Gasteiger partial charge is 0.309 e. The summed E-state index contributed by atoms with van der Waals surface area (Å²) in [6.07, 6.45) is 6.38. The Hall–Kier alpha value is -0.870. The van der Waals surface area contributed by atoms with E-state index in [2.05, 4.69) is 56.1 Å². The Morgan fingerprint density at radius 3 is 2.67 bits per heavy atom. The molecule has 0 aromatic carbocycles. The second-order valence-corrected chi connectivity index (χ2v) is 7.92. The Morgan fingerprint density at radius 1 is 1.43 bits per heavy atom. The zero-order valence-electron chi connectivity index (χ0n) is 14.6. The van der Waals surface area contributed by atoms with Crippen molar-refractivity contribution in [1.29, 1.82) is 0 Å². The van der Waals surface area contributed by atoms with E-state index >= 15 is 0 Å². The number of hydrogen-bond donors (Lipinski definition) is 1. The topological polar surface area (TPSA) is 33.1 Å². The van der Waals surface area contributed by atoms with E-state index in [9.17, 15) is 0 Å². The first kappa shape index (κ1) is 16.5. The van der Waals surface area contributed by atoms with Crippen molar-refractivity contribution in [1.82, 2.24) is 20.0 Å². The molecule has 0 spiro atoms. The Morgan fingerprint density at radius 2 is 2.14 bits per heavy atom. The van der Waals surface area contributed by atoms with Crippen LogP contribution in [0.3, 0.4) is 0 Å². The summed E-state index contributed by atoms with van der Waals surface area (Å²) in [7, 11) is 1.99. The summed E-state index contributed by atoms with van der Waals surface area (Å²) < 4.78 is 1.89. The minimum absolute atomic E-state index is 0.247. The van der Waals surface area contributed by atoms with Crippen molar-refractivity contribution >= 4 is 0 Å². The van der Waals surface area contributed by atoms with Crippen LogP contribution >= 0.6 is 0 Å². The zero-order chi connectivity index (χ0) is 15.7. The van der Waals surface area contributed by atoms with Crippen molar-refractivity contribution < 1.29 is 0 Å². The molecule has 0 aliphatic carbocycles. The second-order valence-electron chi connectivity index (χ2n) is 7.92. The molecule has 0 bridgehead atoms. The fourth-order valence-corrected chi connectivity index (χ4v) is 3.29. The van der Waals surface area contributed by atoms with E-state index in [1.165, 1.54) is 12.0 Å². The summed E-state index contributed by atoms with van der Waals surface area (Å²) >= 11 is 0. The van der Waals surface area contributed by atoms with Gasteiger partial charge in [0.2, 0.25) is 0 Å². The molecule has 2 rings (SSSR count). The minimum atomic E-state index is 0.247. The SMILES string of the molecule is CCC1(C)CN(CCc2cnn(C)c2)C(C(C)(C)C)CN1. The molecule has 1 aromatic heterocycles. The number of piperazine rings is 1. The van der Waals surface area contributed by atoms with Gasteiger partial charge in [0.15, 0.2) is 0 Å². The maximum absolute atomic E-state index is 4.28. The van der Waals surface area contributed by atoms with E-state index in [0.717, 1.165) is 26.1 Å². The van der Waals surface area contributed by atoms with Crippen molar-refractivity contribution in [3.63, 3.8) is 0 Å². The van der Waals surface area contributed by atoms with E-state index in [4.69, 9.17) is 0 Å². The number of aromatic nitrogens is 2. The molecule has 120 valence electrons. The fourth-order valence-electron chi connectivity index (χ4n) is 3.29. The molecule has 2 unspecified atom stereocenters. The minimum Gasteiger partial charge on any atom is -0.309 e. The van der Waals surface area contributed by atoms with E-state index in [1.54, 1.807) is 0 Å². The van der Waals surface area contributed by atoms with Gasteiger partial charge in [0, 0.05) is 44.5 Å². The normalized spacial score (nSPS) is 28.0. The lowest BCUT2D eigenvalue weighted by Gasteiger charge is -2.50. The van der Waals surface area contributed by atoms with Crippen LogP contribution in [0, 0.1) is 5.41 Å². The molecule has 1 aromatic rings. The van der Waals surface area contributed by atoms with Gasteiger partial charge in [-0.05, 0) is 30.7 Å². The van der Waals surface area contributed by atoms with Gasteiger partial charge < -0.3 is 5.32 Å². The number of rotatable bonds is 4. The zero-order valence-corrected chi connectivity index (χ0v) is 14.6. The third kappa shape index (κ3) is 4.07. The molecular weight excluding hydrogens is 260 g/mol. The van der Waals surface area contributed by atoms with Gasteiger partial charge in [-0.2, -0.15) is 5.10 Å². The van der Waals surface area contributed by atoms with Gasteiger partial charge in [-0.1, -0.05) is 27.7 Å². The van der Waals surface area contributed by atoms with Crippen LogP contribution in [-0.4, -0.2) is 45.9 Å². The van der Waals surface area contributed by atoms with Gasteiger partial charge in [-0.3, -0.25) is 9.58 Å². The fraction of sp³-hybridized carbons (Fsp3) is 0.824. The number of hydrogen-bond acceptors (Lipinski definition) is 3. The molecule has 1 saturated heterocycles. The molecule has 4 heteroatoms. The first-order valence-corrected chi connectivity index (χ1v) is 8.20. The van der Waals surface area contributed by atoms with Crippen molar-refractivity contribution in [2.75, 3.05) is 19.6 Å². The van der Waals surface area contributed by atoms with Crippen LogP contribution in [0.25, 0.3) is 0 Å². The molecule has 1 aliphatic rings. The van der Waals surface area contributed by atoms with Gasteiger partial charge in [0.05, 0.1) is 6.20 Å². The average Bonchev–Trinajstić information content (AvgIpc) is 2.81. The molecule has 0 saturated carbocycles. The Labute approximate surface area is 129 Å². The molecule has 2 atom stereocenters. The first-order chi connectivity index (χ1) is 9.73. The number of aryl methyl sites for hydroxylation is 1. The Balaban J connectivity index is 2.06. The van der Waals surface area contributed by atoms with Crippen LogP contribution in [-0.2, 0) is 13.5 Å². The Kier molecular flexibility index (Phi) is 4.79. The first-order valence-electron chi connectivity index (χ1n) is 8.20. The highest BCUT2D eigenvalue weighted by atomic mass is 15.3. The lowest BCUT2D eigenvalue weighted by Crippen LogP contribution is -2.65.